The molecule has 9 heterocycles. The highest BCUT2D eigenvalue weighted by atomic mass is 32.1. The molecule has 9 aromatic rings. The number of aliphatic carboxylic acids is 1. The maximum Gasteiger partial charge on any atom is 0.351 e. The number of nitrogens with two attached hydrogens (primary N) is 1. The van der Waals surface area contributed by atoms with Crippen LogP contribution < -0.4 is 32.3 Å². The minimum Gasteiger partial charge on any atom is -0.508 e. The van der Waals surface area contributed by atoms with E-state index in [-0.39, 0.29) is 72.9 Å². The van der Waals surface area contributed by atoms with Crippen molar-refractivity contribution in [2.24, 2.45) is 11.7 Å². The van der Waals surface area contributed by atoms with Gasteiger partial charge in [0.05, 0.1) is 36.1 Å². The second-order valence-electron chi connectivity index (χ2n) is 20.8. The Bertz CT molecular complexity index is 4380. The molecule has 7 unspecified atom stereocenters. The van der Waals surface area contributed by atoms with Crippen LogP contribution in [0.1, 0.15) is 116 Å². The van der Waals surface area contributed by atoms with Gasteiger partial charge in [0.2, 0.25) is 11.8 Å². The summed E-state index contributed by atoms with van der Waals surface area (Å²) in [6.45, 7) is 10.2. The van der Waals surface area contributed by atoms with E-state index in [0.29, 0.717) is 48.0 Å². The maximum absolute atomic E-state index is 15.2. The quantitative estimate of drug-likeness (QED) is 0.0576. The van der Waals surface area contributed by atoms with E-state index >= 15 is 4.79 Å². The van der Waals surface area contributed by atoms with Crippen molar-refractivity contribution in [2.45, 2.75) is 69.6 Å². The number of aryl methyl sites for hydroxylation is 1. The van der Waals surface area contributed by atoms with Crippen molar-refractivity contribution in [3.8, 4) is 49.1 Å². The molecule has 464 valence electrons. The average molecular weight is 1340 g/mol. The lowest BCUT2D eigenvalue weighted by Crippen LogP contribution is -2.52. The third-order valence-corrected chi connectivity index (χ3v) is 20.1. The first-order valence-electron chi connectivity index (χ1n) is 27.3. The number of aliphatic hydroxyl groups is 2. The highest BCUT2D eigenvalue weighted by Crippen LogP contribution is 2.44. The highest BCUT2D eigenvalue weighted by Gasteiger charge is 2.46. The van der Waals surface area contributed by atoms with Gasteiger partial charge in [-0.3, -0.25) is 33.6 Å². The number of amides is 7. The number of aromatic nitrogens is 7. The number of carboxylic acids is 1. The number of hydrogen-bond donors (Lipinski definition) is 10. The number of aliphatic hydroxyl groups excluding tert-OH is 2. The minimum atomic E-state index is -1.49. The van der Waals surface area contributed by atoms with Crippen LogP contribution in [0.4, 0.5) is 0 Å². The molecular formula is C59H50N14O12S6. The number of carbonyl (C=O) groups excluding carboxylic acids is 7. The number of fused-ring (bicyclic) bond motifs is 16. The lowest BCUT2D eigenvalue weighted by molar-refractivity contribution is -0.143. The molecule has 7 aromatic heterocycles. The molecule has 0 radical (unpaired) electrons. The Hall–Kier alpha value is -9.67. The van der Waals surface area contributed by atoms with E-state index in [1.54, 1.807) is 72.3 Å². The molecule has 1 saturated heterocycles. The molecule has 0 aliphatic carbocycles. The summed E-state index contributed by atoms with van der Waals surface area (Å²) >= 11 is 6.44. The van der Waals surface area contributed by atoms with E-state index in [1.807, 2.05) is 12.2 Å². The molecule has 2 aliphatic rings. The van der Waals surface area contributed by atoms with Crippen molar-refractivity contribution in [1.82, 2.24) is 66.4 Å². The smallest absolute Gasteiger partial charge is 0.351 e. The van der Waals surface area contributed by atoms with Crippen molar-refractivity contribution in [2.75, 3.05) is 0 Å². The van der Waals surface area contributed by atoms with Gasteiger partial charge in [0.15, 0.2) is 0 Å². The van der Waals surface area contributed by atoms with Crippen LogP contribution in [0.15, 0.2) is 119 Å². The molecule has 11 N–H and O–H groups in total. The Labute approximate surface area is 539 Å². The predicted molar refractivity (Wildman–Crippen MR) is 337 cm³/mol. The number of nitrogens with one attached hydrogen (secondary N) is 5. The number of hydrogen-bond acceptors (Lipinski definition) is 24. The van der Waals surface area contributed by atoms with E-state index in [2.05, 4.69) is 54.4 Å². The Morgan fingerprint density at radius 1 is 0.714 bits per heavy atom. The second kappa shape index (κ2) is 26.4. The second-order valence-corrected chi connectivity index (χ2v) is 26.5. The Morgan fingerprint density at radius 3 is 2.15 bits per heavy atom. The fourth-order valence-electron chi connectivity index (χ4n) is 9.92. The largest absolute Gasteiger partial charge is 0.508 e. The van der Waals surface area contributed by atoms with Crippen LogP contribution in [0.3, 0.4) is 0 Å². The Kier molecular flexibility index (Phi) is 18.3. The van der Waals surface area contributed by atoms with Gasteiger partial charge in [-0.05, 0) is 54.7 Å². The zero-order chi connectivity index (χ0) is 64.5. The number of carboxylic acid groups (broad SMARTS) is 1. The number of thiazole rings is 6. The summed E-state index contributed by atoms with van der Waals surface area (Å²) in [4.78, 5) is 143. The fraction of sp³-hybridized carbons (Fsp3) is 0.203. The van der Waals surface area contributed by atoms with Gasteiger partial charge in [0.25, 0.3) is 29.5 Å². The van der Waals surface area contributed by atoms with Crippen LogP contribution in [0.5, 0.6) is 5.75 Å². The molecule has 11 rings (SSSR count). The number of benzene rings is 2. The minimum absolute atomic E-state index is 0.0302. The number of primary amides is 1. The molecule has 7 atom stereocenters. The zero-order valence-electron chi connectivity index (χ0n) is 47.5. The first-order chi connectivity index (χ1) is 43.6. The van der Waals surface area contributed by atoms with E-state index < -0.39 is 102 Å². The number of phenols is 1. The van der Waals surface area contributed by atoms with Crippen molar-refractivity contribution in [3.05, 3.63) is 172 Å². The van der Waals surface area contributed by atoms with Gasteiger partial charge < -0.3 is 57.6 Å². The molecule has 0 spiro atoms. The van der Waals surface area contributed by atoms with E-state index in [0.717, 1.165) is 45.3 Å². The molecule has 10 bridgehead atoms. The first kappa shape index (κ1) is 62.9. The number of aromatic hydroxyl groups is 1. The summed E-state index contributed by atoms with van der Waals surface area (Å²) in [6.07, 6.45) is -1.79. The van der Waals surface area contributed by atoms with Gasteiger partial charge in [0.1, 0.15) is 105 Å². The number of nitrogens with zero attached hydrogens (tertiary/aromatic N) is 8. The Balaban J connectivity index is 0.992. The van der Waals surface area contributed by atoms with Gasteiger partial charge >= 0.3 is 5.97 Å². The topological polar surface area (TPSA) is 397 Å². The zero-order valence-corrected chi connectivity index (χ0v) is 52.4. The molecule has 32 heteroatoms. The summed E-state index contributed by atoms with van der Waals surface area (Å²) in [7, 11) is 0. The number of phenolic OH excluding ortho intramolecular Hbond substituents is 1. The van der Waals surface area contributed by atoms with Gasteiger partial charge in [-0.2, -0.15) is 0 Å². The lowest BCUT2D eigenvalue weighted by Gasteiger charge is -2.31. The Morgan fingerprint density at radius 2 is 1.41 bits per heavy atom. The predicted octanol–water partition coefficient (Wildman–Crippen LogP) is 6.59. The molecule has 2 aromatic carbocycles. The van der Waals surface area contributed by atoms with Crippen molar-refractivity contribution < 1.29 is 58.8 Å². The SMILES string of the molecule is C=C(NC(=O)C(=C)NC(=O)c1csc(-c2ccc3c(n2)-c2csc(n2)-c2csc(n2)C2C(C)CC(O)N2C(=O)C(Cc2ccc(O)cc2)NC(=O)c2csc(n2)C(C(O)c2ccccc2)NC(=O)c2nc(sc2C)C(CC(N)=O)NC(=O)c2cnc-3s2)n1)C(=O)O. The summed E-state index contributed by atoms with van der Waals surface area (Å²) in [5.41, 5.74) is 6.80. The van der Waals surface area contributed by atoms with E-state index in [1.165, 1.54) is 56.7 Å². The molecule has 1 fully saturated rings. The fourth-order valence-corrected chi connectivity index (χ4v) is 15.3. The maximum atomic E-state index is 15.2. The van der Waals surface area contributed by atoms with Gasteiger partial charge in [-0.25, -0.2) is 39.7 Å². The van der Waals surface area contributed by atoms with Crippen LogP contribution in [-0.2, 0) is 25.6 Å². The van der Waals surface area contributed by atoms with Gasteiger partial charge in [-0.15, -0.1) is 68.0 Å². The van der Waals surface area contributed by atoms with E-state index in [4.69, 9.17) is 25.8 Å². The number of pyridine rings is 1. The summed E-state index contributed by atoms with van der Waals surface area (Å²) in [5.74, 6) is -7.42. The molecule has 7 amide bonds. The highest BCUT2D eigenvalue weighted by molar-refractivity contribution is 7.17. The number of carbonyl (C=O) groups is 8. The summed E-state index contributed by atoms with van der Waals surface area (Å²) in [6, 6.07) is 13.2. The van der Waals surface area contributed by atoms with Crippen molar-refractivity contribution >= 4 is 115 Å². The molecule has 91 heavy (non-hydrogen) atoms. The monoisotopic (exact) mass is 1340 g/mol. The molecule has 0 saturated carbocycles. The molecule has 26 nitrogen and oxygen atoms in total. The summed E-state index contributed by atoms with van der Waals surface area (Å²) in [5, 5.41) is 63.9. The number of rotatable bonds is 12. The lowest BCUT2D eigenvalue weighted by atomic mass is 10.0. The van der Waals surface area contributed by atoms with Crippen LogP contribution in [0.2, 0.25) is 0 Å². The van der Waals surface area contributed by atoms with Gasteiger partial charge in [0, 0.05) is 38.4 Å². The van der Waals surface area contributed by atoms with E-state index in [9.17, 15) is 48.9 Å². The van der Waals surface area contributed by atoms with Crippen LogP contribution in [0.25, 0.3) is 43.4 Å². The summed E-state index contributed by atoms with van der Waals surface area (Å²) < 4.78 is 0. The molecular weight excluding hydrogens is 1290 g/mol. The van der Waals surface area contributed by atoms with Crippen LogP contribution in [0, 0.1) is 12.8 Å². The standard InChI is InChI=1S/C59H50N14O12S6/c1-24-16-41(76)73-45(24)57-70-38(23-89-57)54-67-35(20-86-54)43-31(14-15-32(64-43)53-68-36(21-87-53)48(79)62-25(2)47(78)63-26(3)59(84)85)52-61-19-39(91-52)50(81)65-33(18-40(60)75)55-72-42(27(4)90-55)51(82)71-44(46(77)29-8-6-5-7-9-29)56-69-37(22-88-56)49(80)66-34(58(73)83)17-28-10-12-30(74)13-11-28/h5-15,19-24,33-34,41,44-46,74,76-77H,2-3,16-18H2,1,4H3,(H2,60,75)(H,62,79)(H,63,78)(H,65,81)(H,66,80)(H,71,82)(H,84,85). The van der Waals surface area contributed by atoms with Gasteiger partial charge in [-0.1, -0.05) is 62.5 Å². The average Bonchev–Trinajstić information content (AvgIpc) is 1.69. The van der Waals surface area contributed by atoms with Crippen molar-refractivity contribution in [1.29, 1.82) is 0 Å². The molecule has 2 aliphatic heterocycles. The third kappa shape index (κ3) is 13.6. The van der Waals surface area contributed by atoms with Crippen LogP contribution in [-0.4, -0.2) is 120 Å². The third-order valence-electron chi connectivity index (χ3n) is 14.4. The normalized spacial score (nSPS) is 18.8. The van der Waals surface area contributed by atoms with Crippen molar-refractivity contribution in [3.63, 3.8) is 0 Å². The first-order valence-corrected chi connectivity index (χ1v) is 32.5. The van der Waals surface area contributed by atoms with Crippen LogP contribution >= 0.6 is 68.0 Å².